The van der Waals surface area contributed by atoms with Gasteiger partial charge in [0.25, 0.3) is 5.91 Å². The van der Waals surface area contributed by atoms with Gasteiger partial charge in [0.2, 0.25) is 0 Å². The molecule has 2 aromatic heterocycles. The van der Waals surface area contributed by atoms with Crippen LogP contribution in [0.1, 0.15) is 33.0 Å². The summed E-state index contributed by atoms with van der Waals surface area (Å²) in [5.41, 5.74) is 3.41. The SMILES string of the molecule is COCCNc1ccc2c(n1)CCN(C(=N)NC(=O)c1c(F)cc(OC)cc1-n1nc(C)cc1C)C2. The summed E-state index contributed by atoms with van der Waals surface area (Å²) >= 11 is 0. The normalized spacial score (nSPS) is 12.8. The number of aromatic nitrogens is 3. The quantitative estimate of drug-likeness (QED) is 0.262. The highest BCUT2D eigenvalue weighted by molar-refractivity contribution is 6.07. The lowest BCUT2D eigenvalue weighted by Gasteiger charge is -2.30. The third-order valence-electron chi connectivity index (χ3n) is 5.95. The van der Waals surface area contributed by atoms with Crippen LogP contribution in [0.15, 0.2) is 30.3 Å². The summed E-state index contributed by atoms with van der Waals surface area (Å²) in [6.45, 7) is 5.79. The van der Waals surface area contributed by atoms with E-state index in [1.165, 1.54) is 11.8 Å². The Hall–Kier alpha value is -3.99. The lowest BCUT2D eigenvalue weighted by atomic mass is 10.1. The van der Waals surface area contributed by atoms with E-state index in [-0.39, 0.29) is 23.0 Å². The average molecular weight is 496 g/mol. The van der Waals surface area contributed by atoms with E-state index < -0.39 is 11.7 Å². The molecule has 0 atom stereocenters. The maximum Gasteiger partial charge on any atom is 0.263 e. The Morgan fingerprint density at radius 2 is 2.03 bits per heavy atom. The van der Waals surface area contributed by atoms with Crippen LogP contribution in [0, 0.1) is 25.1 Å². The number of aryl methyl sites for hydroxylation is 2. The molecule has 0 saturated carbocycles. The van der Waals surface area contributed by atoms with E-state index in [4.69, 9.17) is 14.9 Å². The molecule has 0 radical (unpaired) electrons. The van der Waals surface area contributed by atoms with E-state index >= 15 is 4.39 Å². The zero-order chi connectivity index (χ0) is 25.8. The number of nitrogens with zero attached hydrogens (tertiary/aromatic N) is 4. The van der Waals surface area contributed by atoms with Crippen molar-refractivity contribution in [1.82, 2.24) is 25.0 Å². The summed E-state index contributed by atoms with van der Waals surface area (Å²) in [5.74, 6) is -0.567. The van der Waals surface area contributed by atoms with Gasteiger partial charge in [-0.05, 0) is 31.5 Å². The number of pyridine rings is 1. The van der Waals surface area contributed by atoms with Crippen molar-refractivity contribution in [2.45, 2.75) is 26.8 Å². The maximum absolute atomic E-state index is 15.1. The van der Waals surface area contributed by atoms with Crippen molar-refractivity contribution >= 4 is 17.7 Å². The van der Waals surface area contributed by atoms with Crippen LogP contribution in [0.5, 0.6) is 5.75 Å². The van der Waals surface area contributed by atoms with Gasteiger partial charge in [0.05, 0.1) is 25.1 Å². The lowest BCUT2D eigenvalue weighted by molar-refractivity contribution is 0.0967. The molecule has 36 heavy (non-hydrogen) atoms. The van der Waals surface area contributed by atoms with Crippen molar-refractivity contribution in [3.8, 4) is 11.4 Å². The highest BCUT2D eigenvalue weighted by Crippen LogP contribution is 2.26. The fraction of sp³-hybridized carbons (Fsp3) is 0.360. The highest BCUT2D eigenvalue weighted by atomic mass is 19.1. The summed E-state index contributed by atoms with van der Waals surface area (Å²) in [7, 11) is 3.07. The van der Waals surface area contributed by atoms with Gasteiger partial charge in [-0.1, -0.05) is 6.07 Å². The molecule has 4 rings (SSSR count). The van der Waals surface area contributed by atoms with Gasteiger partial charge in [-0.15, -0.1) is 0 Å². The van der Waals surface area contributed by atoms with Gasteiger partial charge in [0, 0.05) is 56.7 Å². The van der Waals surface area contributed by atoms with E-state index in [0.29, 0.717) is 32.7 Å². The van der Waals surface area contributed by atoms with E-state index in [1.54, 1.807) is 18.1 Å². The Bertz CT molecular complexity index is 1290. The number of amides is 1. The molecular formula is C25H30FN7O3. The van der Waals surface area contributed by atoms with E-state index in [1.807, 2.05) is 32.0 Å². The zero-order valence-electron chi connectivity index (χ0n) is 20.8. The summed E-state index contributed by atoms with van der Waals surface area (Å²) in [6, 6.07) is 8.38. The summed E-state index contributed by atoms with van der Waals surface area (Å²) in [6.07, 6.45) is 0.612. The maximum atomic E-state index is 15.1. The molecule has 190 valence electrons. The van der Waals surface area contributed by atoms with Gasteiger partial charge in [0.15, 0.2) is 5.96 Å². The second-order valence-corrected chi connectivity index (χ2v) is 8.54. The first-order chi connectivity index (χ1) is 17.3. The fourth-order valence-electron chi connectivity index (χ4n) is 4.19. The Kier molecular flexibility index (Phi) is 7.49. The molecule has 1 aromatic carbocycles. The third kappa shape index (κ3) is 5.30. The molecule has 3 heterocycles. The molecule has 0 fully saturated rings. The van der Waals surface area contributed by atoms with E-state index in [2.05, 4.69) is 20.7 Å². The number of carbonyl (C=O) groups excluding carboxylic acids is 1. The van der Waals surface area contributed by atoms with Crippen LogP contribution in [0.4, 0.5) is 10.2 Å². The topological polar surface area (TPSA) is 117 Å². The minimum absolute atomic E-state index is 0.109. The summed E-state index contributed by atoms with van der Waals surface area (Å²) < 4.78 is 26.9. The van der Waals surface area contributed by atoms with Gasteiger partial charge < -0.3 is 19.7 Å². The fourth-order valence-corrected chi connectivity index (χ4v) is 4.19. The van der Waals surface area contributed by atoms with Crippen LogP contribution in [0.2, 0.25) is 0 Å². The van der Waals surface area contributed by atoms with Crippen molar-refractivity contribution in [2.24, 2.45) is 0 Å². The van der Waals surface area contributed by atoms with Crippen molar-refractivity contribution in [3.05, 3.63) is 64.4 Å². The molecule has 1 amide bonds. The number of ether oxygens (including phenoxy) is 2. The second-order valence-electron chi connectivity index (χ2n) is 8.54. The van der Waals surface area contributed by atoms with Crippen molar-refractivity contribution < 1.29 is 18.7 Å². The van der Waals surface area contributed by atoms with Gasteiger partial charge in [-0.25, -0.2) is 14.1 Å². The Morgan fingerprint density at radius 3 is 2.72 bits per heavy atom. The van der Waals surface area contributed by atoms with Crippen molar-refractivity contribution in [1.29, 1.82) is 5.41 Å². The van der Waals surface area contributed by atoms with Crippen LogP contribution in [-0.4, -0.2) is 65.4 Å². The van der Waals surface area contributed by atoms with Crippen molar-refractivity contribution in [3.63, 3.8) is 0 Å². The number of anilines is 1. The van der Waals surface area contributed by atoms with Gasteiger partial charge >= 0.3 is 0 Å². The lowest BCUT2D eigenvalue weighted by Crippen LogP contribution is -2.46. The number of halogens is 1. The van der Waals surface area contributed by atoms with Gasteiger partial charge in [-0.3, -0.25) is 15.5 Å². The zero-order valence-corrected chi connectivity index (χ0v) is 20.8. The van der Waals surface area contributed by atoms with Gasteiger partial charge in [0.1, 0.15) is 22.9 Å². The van der Waals surface area contributed by atoms with E-state index in [9.17, 15) is 4.79 Å². The van der Waals surface area contributed by atoms with Crippen LogP contribution < -0.4 is 15.4 Å². The molecule has 0 spiro atoms. The molecule has 10 nitrogen and oxygen atoms in total. The molecule has 1 aliphatic heterocycles. The molecular weight excluding hydrogens is 465 g/mol. The number of methoxy groups -OCH3 is 2. The largest absolute Gasteiger partial charge is 0.497 e. The first-order valence-electron chi connectivity index (χ1n) is 11.6. The summed E-state index contributed by atoms with van der Waals surface area (Å²) in [4.78, 5) is 19.6. The number of guanidine groups is 1. The standard InChI is InChI=1S/C25H30FN7O3/c1-15-11-16(2)33(31-15)21-13-18(36-4)12-19(26)23(21)24(34)30-25(27)32-9-7-20-17(14-32)5-6-22(29-20)28-8-10-35-3/h5-6,11-13H,7-10,14H2,1-4H3,(H,28,29)(H2,27,30,34). The Labute approximate surface area is 208 Å². The van der Waals surface area contributed by atoms with Crippen LogP contribution in [0.25, 0.3) is 5.69 Å². The number of rotatable bonds is 7. The number of benzene rings is 1. The minimum Gasteiger partial charge on any atom is -0.497 e. The highest BCUT2D eigenvalue weighted by Gasteiger charge is 2.26. The summed E-state index contributed by atoms with van der Waals surface area (Å²) in [5, 5.41) is 18.7. The van der Waals surface area contributed by atoms with Crippen molar-refractivity contribution in [2.75, 3.05) is 39.2 Å². The second kappa shape index (κ2) is 10.7. The van der Waals surface area contributed by atoms with Crippen LogP contribution in [0.3, 0.4) is 0 Å². The predicted molar refractivity (Wildman–Crippen MR) is 133 cm³/mol. The van der Waals surface area contributed by atoms with E-state index in [0.717, 1.165) is 34.5 Å². The third-order valence-corrected chi connectivity index (χ3v) is 5.95. The molecule has 11 heteroatoms. The Balaban J connectivity index is 1.51. The molecule has 0 bridgehead atoms. The predicted octanol–water partition coefficient (Wildman–Crippen LogP) is 2.81. The number of nitrogens with one attached hydrogen (secondary N) is 3. The minimum atomic E-state index is -0.760. The first kappa shape index (κ1) is 25.1. The molecule has 0 aliphatic carbocycles. The molecule has 1 aliphatic rings. The monoisotopic (exact) mass is 495 g/mol. The first-order valence-corrected chi connectivity index (χ1v) is 11.6. The molecule has 3 aromatic rings. The Morgan fingerprint density at radius 1 is 1.22 bits per heavy atom. The van der Waals surface area contributed by atoms with Crippen LogP contribution in [-0.2, 0) is 17.7 Å². The molecule has 3 N–H and O–H groups in total. The molecule has 0 unspecified atom stereocenters. The van der Waals surface area contributed by atoms with Crippen LogP contribution >= 0.6 is 0 Å². The smallest absolute Gasteiger partial charge is 0.263 e. The number of hydrogen-bond donors (Lipinski definition) is 3. The number of hydrogen-bond acceptors (Lipinski definition) is 7. The average Bonchev–Trinajstić information content (AvgIpc) is 3.20. The van der Waals surface area contributed by atoms with Gasteiger partial charge in [-0.2, -0.15) is 5.10 Å². The number of carbonyl (C=O) groups is 1. The molecule has 0 saturated heterocycles. The number of fused-ring (bicyclic) bond motifs is 1.